The van der Waals surface area contributed by atoms with Gasteiger partial charge in [-0.25, -0.2) is 0 Å². The zero-order valence-electron chi connectivity index (χ0n) is 8.13. The second-order valence-electron chi connectivity index (χ2n) is 3.12. The summed E-state index contributed by atoms with van der Waals surface area (Å²) in [6.45, 7) is 4.34. The van der Waals surface area contributed by atoms with E-state index in [1.807, 2.05) is 38.1 Å². The molecule has 13 heavy (non-hydrogen) atoms. The van der Waals surface area contributed by atoms with Crippen LogP contribution in [0.5, 0.6) is 0 Å². The molecule has 0 atom stereocenters. The summed E-state index contributed by atoms with van der Waals surface area (Å²) in [7, 11) is 0. The predicted molar refractivity (Wildman–Crippen MR) is 55.0 cm³/mol. The maximum atomic E-state index is 11.0. The van der Waals surface area contributed by atoms with E-state index in [0.717, 1.165) is 5.69 Å². The van der Waals surface area contributed by atoms with Crippen molar-refractivity contribution in [2.75, 3.05) is 11.9 Å². The third kappa shape index (κ3) is 3.28. The van der Waals surface area contributed by atoms with Crippen LogP contribution in [0.4, 0.5) is 5.69 Å². The topological polar surface area (TPSA) is 29.1 Å². The molecular weight excluding hydrogens is 162 g/mol. The van der Waals surface area contributed by atoms with Crippen LogP contribution in [0.3, 0.4) is 0 Å². The average Bonchev–Trinajstić information content (AvgIpc) is 2.14. The number of ketones is 1. The van der Waals surface area contributed by atoms with Crippen molar-refractivity contribution in [2.45, 2.75) is 20.3 Å². The molecule has 0 unspecified atom stereocenters. The molecule has 0 fully saturated rings. The van der Waals surface area contributed by atoms with E-state index in [1.54, 1.807) is 0 Å². The Bertz CT molecular complexity index is 294. The summed E-state index contributed by atoms with van der Waals surface area (Å²) in [6, 6.07) is 8.01. The van der Waals surface area contributed by atoms with Crippen LogP contribution in [-0.2, 0) is 4.79 Å². The predicted octanol–water partition coefficient (Wildman–Crippen LogP) is 2.39. The van der Waals surface area contributed by atoms with E-state index in [1.165, 1.54) is 5.56 Å². The number of hydrogen-bond donors (Lipinski definition) is 1. The van der Waals surface area contributed by atoms with Crippen molar-refractivity contribution in [1.82, 2.24) is 0 Å². The Balaban J connectivity index is 2.50. The van der Waals surface area contributed by atoms with Crippen molar-refractivity contribution in [3.8, 4) is 0 Å². The van der Waals surface area contributed by atoms with Gasteiger partial charge in [-0.15, -0.1) is 0 Å². The number of Topliss-reactive ketones (excluding diaryl/α,β-unsaturated/α-hetero) is 1. The van der Waals surface area contributed by atoms with E-state index < -0.39 is 0 Å². The summed E-state index contributed by atoms with van der Waals surface area (Å²) in [5.74, 6) is 0.238. The van der Waals surface area contributed by atoms with Crippen LogP contribution in [0.15, 0.2) is 24.3 Å². The maximum Gasteiger partial charge on any atom is 0.151 e. The molecule has 0 aliphatic carbocycles. The van der Waals surface area contributed by atoms with Crippen molar-refractivity contribution >= 4 is 11.5 Å². The number of nitrogens with one attached hydrogen (secondary N) is 1. The number of benzene rings is 1. The van der Waals surface area contributed by atoms with Gasteiger partial charge in [-0.2, -0.15) is 0 Å². The van der Waals surface area contributed by atoms with Crippen molar-refractivity contribution in [1.29, 1.82) is 0 Å². The highest BCUT2D eigenvalue weighted by Crippen LogP contribution is 2.08. The average molecular weight is 177 g/mol. The van der Waals surface area contributed by atoms with Crippen LogP contribution in [-0.4, -0.2) is 12.3 Å². The highest BCUT2D eigenvalue weighted by atomic mass is 16.1. The minimum absolute atomic E-state index is 0.238. The molecule has 0 radical (unpaired) electrons. The minimum Gasteiger partial charge on any atom is -0.378 e. The lowest BCUT2D eigenvalue weighted by Gasteiger charge is -2.04. The molecule has 0 aromatic heterocycles. The van der Waals surface area contributed by atoms with Crippen molar-refractivity contribution in [3.63, 3.8) is 0 Å². The van der Waals surface area contributed by atoms with Crippen LogP contribution < -0.4 is 5.32 Å². The fourth-order valence-electron chi connectivity index (χ4n) is 1.08. The molecule has 0 saturated heterocycles. The van der Waals surface area contributed by atoms with Gasteiger partial charge in [0.25, 0.3) is 0 Å². The zero-order chi connectivity index (χ0) is 9.68. The van der Waals surface area contributed by atoms with Gasteiger partial charge in [0, 0.05) is 12.1 Å². The largest absolute Gasteiger partial charge is 0.378 e. The van der Waals surface area contributed by atoms with E-state index in [9.17, 15) is 4.79 Å². The lowest BCUT2D eigenvalue weighted by molar-refractivity contribution is -0.117. The van der Waals surface area contributed by atoms with Crippen LogP contribution in [0.25, 0.3) is 0 Å². The molecule has 2 nitrogen and oxygen atoms in total. The Labute approximate surface area is 79.0 Å². The van der Waals surface area contributed by atoms with E-state index in [0.29, 0.717) is 13.0 Å². The second kappa shape index (κ2) is 4.65. The van der Waals surface area contributed by atoms with Gasteiger partial charge in [0.2, 0.25) is 0 Å². The second-order valence-corrected chi connectivity index (χ2v) is 3.12. The molecular formula is C11H15NO. The minimum atomic E-state index is 0.238. The number of rotatable bonds is 4. The SMILES string of the molecule is CCC(=O)CNc1cccc(C)c1. The fraction of sp³-hybridized carbons (Fsp3) is 0.364. The van der Waals surface area contributed by atoms with Crippen LogP contribution in [0.1, 0.15) is 18.9 Å². The number of hydrogen-bond acceptors (Lipinski definition) is 2. The lowest BCUT2D eigenvalue weighted by atomic mass is 10.2. The first-order chi connectivity index (χ1) is 6.22. The molecule has 0 heterocycles. The van der Waals surface area contributed by atoms with Gasteiger partial charge >= 0.3 is 0 Å². The smallest absolute Gasteiger partial charge is 0.151 e. The molecule has 1 aromatic carbocycles. The monoisotopic (exact) mass is 177 g/mol. The van der Waals surface area contributed by atoms with Gasteiger partial charge in [-0.1, -0.05) is 19.1 Å². The first-order valence-corrected chi connectivity index (χ1v) is 4.54. The first kappa shape index (κ1) is 9.78. The summed E-state index contributed by atoms with van der Waals surface area (Å²) in [5.41, 5.74) is 2.22. The van der Waals surface area contributed by atoms with E-state index in [4.69, 9.17) is 0 Å². The standard InChI is InChI=1S/C11H15NO/c1-3-11(13)8-12-10-6-4-5-9(2)7-10/h4-7,12H,3,8H2,1-2H3. The number of aryl methyl sites for hydroxylation is 1. The molecule has 1 rings (SSSR count). The number of carbonyl (C=O) groups excluding carboxylic acids is 1. The molecule has 1 aromatic rings. The third-order valence-electron chi connectivity index (χ3n) is 1.90. The molecule has 0 aliphatic heterocycles. The zero-order valence-corrected chi connectivity index (χ0v) is 8.13. The van der Waals surface area contributed by atoms with Crippen LogP contribution in [0, 0.1) is 6.92 Å². The van der Waals surface area contributed by atoms with Gasteiger partial charge in [0.15, 0.2) is 5.78 Å². The molecule has 1 N–H and O–H groups in total. The van der Waals surface area contributed by atoms with Gasteiger partial charge in [-0.05, 0) is 24.6 Å². The third-order valence-corrected chi connectivity index (χ3v) is 1.90. The molecule has 2 heteroatoms. The van der Waals surface area contributed by atoms with E-state index in [2.05, 4.69) is 5.32 Å². The lowest BCUT2D eigenvalue weighted by Crippen LogP contribution is -2.12. The summed E-state index contributed by atoms with van der Waals surface area (Å²) < 4.78 is 0. The summed E-state index contributed by atoms with van der Waals surface area (Å²) in [6.07, 6.45) is 0.596. The molecule has 0 spiro atoms. The Hall–Kier alpha value is -1.31. The Kier molecular flexibility index (Phi) is 3.50. The number of anilines is 1. The van der Waals surface area contributed by atoms with Crippen molar-refractivity contribution < 1.29 is 4.79 Å². The quantitative estimate of drug-likeness (QED) is 0.765. The highest BCUT2D eigenvalue weighted by Gasteiger charge is 1.97. The van der Waals surface area contributed by atoms with Gasteiger partial charge < -0.3 is 5.32 Å². The first-order valence-electron chi connectivity index (χ1n) is 4.54. The van der Waals surface area contributed by atoms with Gasteiger partial charge in [-0.3, -0.25) is 4.79 Å². The summed E-state index contributed by atoms with van der Waals surface area (Å²) >= 11 is 0. The van der Waals surface area contributed by atoms with Gasteiger partial charge in [0.05, 0.1) is 6.54 Å². The van der Waals surface area contributed by atoms with Crippen molar-refractivity contribution in [2.24, 2.45) is 0 Å². The summed E-state index contributed by atoms with van der Waals surface area (Å²) in [4.78, 5) is 11.0. The summed E-state index contributed by atoms with van der Waals surface area (Å²) in [5, 5.41) is 3.09. The fourth-order valence-corrected chi connectivity index (χ4v) is 1.08. The molecule has 0 bridgehead atoms. The maximum absolute atomic E-state index is 11.0. The molecule has 0 saturated carbocycles. The molecule has 70 valence electrons. The number of carbonyl (C=O) groups is 1. The molecule has 0 amide bonds. The Morgan fingerprint density at radius 3 is 2.85 bits per heavy atom. The Morgan fingerprint density at radius 1 is 1.46 bits per heavy atom. The van der Waals surface area contributed by atoms with Crippen molar-refractivity contribution in [3.05, 3.63) is 29.8 Å². The van der Waals surface area contributed by atoms with Crippen LogP contribution in [0.2, 0.25) is 0 Å². The van der Waals surface area contributed by atoms with Crippen LogP contribution >= 0.6 is 0 Å². The normalized spacial score (nSPS) is 9.69. The van der Waals surface area contributed by atoms with Gasteiger partial charge in [0.1, 0.15) is 0 Å². The van der Waals surface area contributed by atoms with E-state index in [-0.39, 0.29) is 5.78 Å². The van der Waals surface area contributed by atoms with E-state index >= 15 is 0 Å². The highest BCUT2D eigenvalue weighted by molar-refractivity contribution is 5.82. The Morgan fingerprint density at radius 2 is 2.23 bits per heavy atom. The molecule has 0 aliphatic rings.